The van der Waals surface area contributed by atoms with Gasteiger partial charge in [-0.25, -0.2) is 0 Å². The summed E-state index contributed by atoms with van der Waals surface area (Å²) in [4.78, 5) is -1.36. The van der Waals surface area contributed by atoms with E-state index in [0.717, 1.165) is 55.6 Å². The summed E-state index contributed by atoms with van der Waals surface area (Å²) >= 11 is 0. The van der Waals surface area contributed by atoms with Crippen molar-refractivity contribution in [1.29, 1.82) is 0 Å². The fourth-order valence-corrected chi connectivity index (χ4v) is 9.55. The lowest BCUT2D eigenvalue weighted by molar-refractivity contribution is 0.158. The summed E-state index contributed by atoms with van der Waals surface area (Å²) in [6.45, 7) is 5.72. The van der Waals surface area contributed by atoms with Crippen LogP contribution >= 0.6 is 7.60 Å². The van der Waals surface area contributed by atoms with Gasteiger partial charge < -0.3 is 13.8 Å². The van der Waals surface area contributed by atoms with Gasteiger partial charge in [0.15, 0.2) is 4.99 Å². The molecule has 1 saturated carbocycles. The summed E-state index contributed by atoms with van der Waals surface area (Å²) in [6, 6.07) is 15.9. The van der Waals surface area contributed by atoms with Crippen LogP contribution in [-0.2, 0) is 40.8 Å². The van der Waals surface area contributed by atoms with E-state index in [-0.39, 0.29) is 25.7 Å². The Morgan fingerprint density at radius 2 is 1.62 bits per heavy atom. The molecule has 0 heterocycles. The second-order valence-electron chi connectivity index (χ2n) is 10.0. The molecule has 1 aliphatic rings. The minimum Gasteiger partial charge on any atom is -0.457 e. The molecule has 0 saturated heterocycles. The zero-order valence-corrected chi connectivity index (χ0v) is 25.4. The molecule has 9 heteroatoms. The number of ether oxygens (including phenoxy) is 1. The van der Waals surface area contributed by atoms with E-state index in [4.69, 9.17) is 18.0 Å². The first kappa shape index (κ1) is 31.8. The SMILES string of the molecule is CCCCc1ccccc1Oc1cccc(CCCC(P(=O)(OCC)OCC)S(=O)(=O)OC2CCCCC2)c1. The highest BCUT2D eigenvalue weighted by molar-refractivity contribution is 7.94. The van der Waals surface area contributed by atoms with E-state index in [2.05, 4.69) is 13.0 Å². The Kier molecular flexibility index (Phi) is 13.0. The predicted octanol–water partition coefficient (Wildman–Crippen LogP) is 8.42. The van der Waals surface area contributed by atoms with Gasteiger partial charge in [0.1, 0.15) is 11.5 Å². The molecule has 1 aliphatic carbocycles. The molecule has 0 aromatic heterocycles. The van der Waals surface area contributed by atoms with Gasteiger partial charge >= 0.3 is 7.60 Å². The molecular weight excluding hydrogens is 535 g/mol. The van der Waals surface area contributed by atoms with Crippen molar-refractivity contribution in [3.63, 3.8) is 0 Å². The summed E-state index contributed by atoms with van der Waals surface area (Å²) in [5.74, 6) is 1.58. The Hall–Kier alpha value is -1.70. The minimum absolute atomic E-state index is 0.0891. The lowest BCUT2D eigenvalue weighted by atomic mass is 9.98. The lowest BCUT2D eigenvalue weighted by Gasteiger charge is -2.28. The summed E-state index contributed by atoms with van der Waals surface area (Å²) in [5.41, 5.74) is 2.18. The first-order valence-electron chi connectivity index (χ1n) is 14.5. The Bertz CT molecular complexity index is 1150. The molecule has 1 fully saturated rings. The van der Waals surface area contributed by atoms with E-state index in [1.54, 1.807) is 13.8 Å². The fourth-order valence-electron chi connectivity index (χ4n) is 4.99. The smallest absolute Gasteiger partial charge is 0.351 e. The van der Waals surface area contributed by atoms with Crippen LogP contribution in [0.1, 0.15) is 89.7 Å². The van der Waals surface area contributed by atoms with Crippen LogP contribution in [0.15, 0.2) is 48.5 Å². The van der Waals surface area contributed by atoms with Gasteiger partial charge in [0, 0.05) is 0 Å². The van der Waals surface area contributed by atoms with Crippen LogP contribution in [-0.4, -0.2) is 32.7 Å². The van der Waals surface area contributed by atoms with E-state index < -0.39 is 22.7 Å². The Labute approximate surface area is 235 Å². The average Bonchev–Trinajstić information content (AvgIpc) is 2.91. The van der Waals surface area contributed by atoms with Gasteiger partial charge in [-0.15, -0.1) is 0 Å². The fraction of sp³-hybridized carbons (Fsp3) is 0.600. The van der Waals surface area contributed by atoms with Crippen molar-refractivity contribution in [2.45, 2.75) is 102 Å². The summed E-state index contributed by atoms with van der Waals surface area (Å²) < 4.78 is 63.4. The highest BCUT2D eigenvalue weighted by Crippen LogP contribution is 2.57. The van der Waals surface area contributed by atoms with E-state index in [9.17, 15) is 13.0 Å². The molecule has 0 spiro atoms. The number of benzene rings is 2. The lowest BCUT2D eigenvalue weighted by Crippen LogP contribution is -2.31. The standard InChI is InChI=1S/C30H45O7PS/c1-4-7-17-26-18-11-12-22-29(26)36-28-21-13-15-25(24-28)16-14-23-30(38(31,34-5-2)35-6-3)39(32,33)37-27-19-9-8-10-20-27/h11-13,15,18,21-22,24,27,30H,4-10,14,16-17,19-20,23H2,1-3H3. The number of para-hydroxylation sites is 1. The van der Waals surface area contributed by atoms with Crippen LogP contribution < -0.4 is 4.74 Å². The van der Waals surface area contributed by atoms with Gasteiger partial charge in [0.2, 0.25) is 0 Å². The van der Waals surface area contributed by atoms with Gasteiger partial charge in [0.25, 0.3) is 10.1 Å². The molecule has 0 N–H and O–H groups in total. The van der Waals surface area contributed by atoms with E-state index in [1.165, 1.54) is 5.56 Å². The Morgan fingerprint density at radius 3 is 2.31 bits per heavy atom. The van der Waals surface area contributed by atoms with E-state index >= 15 is 0 Å². The van der Waals surface area contributed by atoms with Crippen molar-refractivity contribution in [1.82, 2.24) is 0 Å². The minimum atomic E-state index is -4.18. The summed E-state index contributed by atoms with van der Waals surface area (Å²) in [7, 11) is -8.13. The zero-order chi connectivity index (χ0) is 28.1. The van der Waals surface area contributed by atoms with Crippen molar-refractivity contribution in [2.75, 3.05) is 13.2 Å². The molecule has 7 nitrogen and oxygen atoms in total. The van der Waals surface area contributed by atoms with Crippen LogP contribution in [0, 0.1) is 0 Å². The third-order valence-electron chi connectivity index (χ3n) is 6.94. The molecule has 0 bridgehead atoms. The van der Waals surface area contributed by atoms with Crippen LogP contribution in [0.2, 0.25) is 0 Å². The maximum atomic E-state index is 13.7. The van der Waals surface area contributed by atoms with Gasteiger partial charge in [-0.3, -0.25) is 8.75 Å². The molecule has 3 rings (SSSR count). The monoisotopic (exact) mass is 580 g/mol. The number of aryl methyl sites for hydroxylation is 2. The number of rotatable bonds is 17. The maximum Gasteiger partial charge on any atom is 0.351 e. The highest BCUT2D eigenvalue weighted by Gasteiger charge is 2.46. The van der Waals surface area contributed by atoms with Crippen LogP contribution in [0.3, 0.4) is 0 Å². The van der Waals surface area contributed by atoms with Crippen LogP contribution in [0.5, 0.6) is 11.5 Å². The first-order valence-corrected chi connectivity index (χ1v) is 17.5. The molecule has 0 radical (unpaired) electrons. The second kappa shape index (κ2) is 15.9. The molecule has 0 amide bonds. The molecule has 2 aromatic rings. The molecule has 1 atom stereocenters. The van der Waals surface area contributed by atoms with Crippen molar-refractivity contribution in [3.8, 4) is 11.5 Å². The average molecular weight is 581 g/mol. The van der Waals surface area contributed by atoms with Crippen molar-refractivity contribution >= 4 is 17.7 Å². The third-order valence-corrected chi connectivity index (χ3v) is 12.1. The number of hydrogen-bond donors (Lipinski definition) is 0. The topological polar surface area (TPSA) is 88.1 Å². The quantitative estimate of drug-likeness (QED) is 0.137. The number of hydrogen-bond acceptors (Lipinski definition) is 7. The Morgan fingerprint density at radius 1 is 0.897 bits per heavy atom. The highest BCUT2D eigenvalue weighted by atomic mass is 32.2. The second-order valence-corrected chi connectivity index (χ2v) is 14.3. The van der Waals surface area contributed by atoms with Crippen LogP contribution in [0.4, 0.5) is 0 Å². The molecule has 0 aliphatic heterocycles. The molecule has 218 valence electrons. The largest absolute Gasteiger partial charge is 0.457 e. The van der Waals surface area contributed by atoms with Crippen molar-refractivity contribution < 1.29 is 31.0 Å². The number of unbranched alkanes of at least 4 members (excludes halogenated alkanes) is 1. The molecular formula is C30H45O7PS. The molecule has 39 heavy (non-hydrogen) atoms. The van der Waals surface area contributed by atoms with Gasteiger partial charge in [0.05, 0.1) is 19.3 Å². The maximum absolute atomic E-state index is 13.7. The van der Waals surface area contributed by atoms with Gasteiger partial charge in [-0.2, -0.15) is 8.42 Å². The van der Waals surface area contributed by atoms with Crippen molar-refractivity contribution in [2.24, 2.45) is 0 Å². The van der Waals surface area contributed by atoms with E-state index in [0.29, 0.717) is 25.7 Å². The van der Waals surface area contributed by atoms with Crippen molar-refractivity contribution in [3.05, 3.63) is 59.7 Å². The van der Waals surface area contributed by atoms with E-state index in [1.807, 2.05) is 42.5 Å². The van der Waals surface area contributed by atoms with Gasteiger partial charge in [-0.05, 0) is 88.1 Å². The predicted molar refractivity (Wildman–Crippen MR) is 156 cm³/mol. The third kappa shape index (κ3) is 9.72. The normalized spacial score (nSPS) is 15.8. The summed E-state index contributed by atoms with van der Waals surface area (Å²) in [6.07, 6.45) is 8.28. The summed E-state index contributed by atoms with van der Waals surface area (Å²) in [5, 5.41) is 0. The zero-order valence-electron chi connectivity index (χ0n) is 23.7. The first-order chi connectivity index (χ1) is 18.8. The molecule has 1 unspecified atom stereocenters. The van der Waals surface area contributed by atoms with Gasteiger partial charge in [-0.1, -0.05) is 62.9 Å². The molecule has 2 aromatic carbocycles. The van der Waals surface area contributed by atoms with Crippen LogP contribution in [0.25, 0.3) is 0 Å². The Balaban J connectivity index is 1.72.